The van der Waals surface area contributed by atoms with Gasteiger partial charge in [-0.2, -0.15) is 0 Å². The molecule has 0 saturated carbocycles. The zero-order valence-electron chi connectivity index (χ0n) is 11.0. The number of aromatic nitrogens is 1. The number of nitrogens with zero attached hydrogens (tertiary/aromatic N) is 1. The lowest BCUT2D eigenvalue weighted by atomic mass is 10.2. The van der Waals surface area contributed by atoms with E-state index in [1.54, 1.807) is 0 Å². The summed E-state index contributed by atoms with van der Waals surface area (Å²) in [4.78, 5) is 6.93. The molecule has 2 aromatic rings. The van der Waals surface area contributed by atoms with Gasteiger partial charge in [0.1, 0.15) is 0 Å². The molecule has 1 unspecified atom stereocenters. The summed E-state index contributed by atoms with van der Waals surface area (Å²) in [6, 6.07) is 6.74. The van der Waals surface area contributed by atoms with E-state index in [4.69, 9.17) is 0 Å². The number of aryl methyl sites for hydroxylation is 1. The third-order valence-electron chi connectivity index (χ3n) is 2.69. The van der Waals surface area contributed by atoms with E-state index in [9.17, 15) is 0 Å². The van der Waals surface area contributed by atoms with Gasteiger partial charge in [0.05, 0.1) is 29.8 Å². The van der Waals surface area contributed by atoms with Gasteiger partial charge in [-0.15, -0.1) is 11.3 Å². The molecule has 0 saturated heterocycles. The highest BCUT2D eigenvalue weighted by Crippen LogP contribution is 2.26. The molecule has 0 amide bonds. The number of hydrogen-bond acceptors (Lipinski definition) is 4. The van der Waals surface area contributed by atoms with E-state index in [1.165, 1.54) is 9.75 Å². The molecule has 18 heavy (non-hydrogen) atoms. The normalized spacial score (nSPS) is 12.2. The molecule has 0 spiro atoms. The van der Waals surface area contributed by atoms with E-state index < -0.39 is 0 Å². The number of anilines is 2. The second-order valence-corrected chi connectivity index (χ2v) is 5.63. The van der Waals surface area contributed by atoms with Crippen molar-refractivity contribution < 1.29 is 0 Å². The van der Waals surface area contributed by atoms with Crippen molar-refractivity contribution in [2.75, 3.05) is 17.2 Å². The van der Waals surface area contributed by atoms with Crippen molar-refractivity contribution in [2.45, 2.75) is 26.8 Å². The van der Waals surface area contributed by atoms with Gasteiger partial charge >= 0.3 is 0 Å². The van der Waals surface area contributed by atoms with Crippen LogP contribution in [0.3, 0.4) is 0 Å². The highest BCUT2D eigenvalue weighted by atomic mass is 32.1. The van der Waals surface area contributed by atoms with Crippen molar-refractivity contribution in [2.24, 2.45) is 0 Å². The summed E-state index contributed by atoms with van der Waals surface area (Å²) >= 11 is 1.83. The van der Waals surface area contributed by atoms with Gasteiger partial charge in [-0.3, -0.25) is 4.98 Å². The van der Waals surface area contributed by atoms with E-state index in [-0.39, 0.29) is 0 Å². The highest BCUT2D eigenvalue weighted by Gasteiger charge is 2.07. The predicted molar refractivity (Wildman–Crippen MR) is 79.5 cm³/mol. The van der Waals surface area contributed by atoms with Crippen molar-refractivity contribution in [3.63, 3.8) is 0 Å². The van der Waals surface area contributed by atoms with Gasteiger partial charge in [0.15, 0.2) is 0 Å². The lowest BCUT2D eigenvalue weighted by Gasteiger charge is -2.14. The summed E-state index contributed by atoms with van der Waals surface area (Å²) in [6.07, 6.45) is 3.70. The van der Waals surface area contributed by atoms with Crippen LogP contribution in [0, 0.1) is 6.92 Å². The molecule has 2 rings (SSSR count). The highest BCUT2D eigenvalue weighted by molar-refractivity contribution is 7.12. The maximum absolute atomic E-state index is 4.23. The Morgan fingerprint density at radius 3 is 2.72 bits per heavy atom. The fraction of sp³-hybridized carbons (Fsp3) is 0.357. The maximum Gasteiger partial charge on any atom is 0.0579 e. The van der Waals surface area contributed by atoms with Crippen molar-refractivity contribution >= 4 is 22.7 Å². The van der Waals surface area contributed by atoms with Gasteiger partial charge in [0.25, 0.3) is 0 Å². The molecule has 0 aliphatic rings. The smallest absolute Gasteiger partial charge is 0.0579 e. The summed E-state index contributed by atoms with van der Waals surface area (Å²) in [5.74, 6) is 0. The van der Waals surface area contributed by atoms with Crippen LogP contribution in [-0.2, 0) is 0 Å². The van der Waals surface area contributed by atoms with Crippen LogP contribution in [0.15, 0.2) is 30.6 Å². The first-order valence-electron chi connectivity index (χ1n) is 6.21. The predicted octanol–water partition coefficient (Wildman–Crippen LogP) is 4.06. The van der Waals surface area contributed by atoms with Crippen molar-refractivity contribution in [3.8, 4) is 0 Å². The average Bonchev–Trinajstić information content (AvgIpc) is 2.77. The fourth-order valence-corrected chi connectivity index (χ4v) is 2.71. The summed E-state index contributed by atoms with van der Waals surface area (Å²) in [6.45, 7) is 7.29. The zero-order chi connectivity index (χ0) is 13.0. The largest absolute Gasteiger partial charge is 0.384 e. The Labute approximate surface area is 112 Å². The van der Waals surface area contributed by atoms with Crippen LogP contribution in [0.25, 0.3) is 0 Å². The van der Waals surface area contributed by atoms with Gasteiger partial charge in [0, 0.05) is 16.3 Å². The van der Waals surface area contributed by atoms with Crippen LogP contribution in [-0.4, -0.2) is 11.5 Å². The minimum Gasteiger partial charge on any atom is -0.384 e. The Balaban J connectivity index is 2.06. The number of rotatable bonds is 5. The van der Waals surface area contributed by atoms with Gasteiger partial charge < -0.3 is 10.6 Å². The van der Waals surface area contributed by atoms with Crippen molar-refractivity contribution in [1.29, 1.82) is 0 Å². The Morgan fingerprint density at radius 2 is 2.06 bits per heavy atom. The van der Waals surface area contributed by atoms with E-state index in [0.717, 1.165) is 17.9 Å². The second-order valence-electron chi connectivity index (χ2n) is 4.31. The minimum atomic E-state index is 0.308. The third kappa shape index (κ3) is 3.23. The number of hydrogen-bond donors (Lipinski definition) is 2. The molecule has 1 atom stereocenters. The van der Waals surface area contributed by atoms with Crippen LogP contribution in [0.4, 0.5) is 11.4 Å². The first kappa shape index (κ1) is 12.9. The van der Waals surface area contributed by atoms with Gasteiger partial charge in [0.2, 0.25) is 0 Å². The molecular weight excluding hydrogens is 242 g/mol. The SMILES string of the molecule is CCNc1cncc(NC(C)c2ccc(C)s2)c1. The lowest BCUT2D eigenvalue weighted by Crippen LogP contribution is -2.06. The molecule has 2 N–H and O–H groups in total. The van der Waals surface area contributed by atoms with Gasteiger partial charge in [-0.25, -0.2) is 0 Å². The van der Waals surface area contributed by atoms with Gasteiger partial charge in [-0.1, -0.05) is 0 Å². The monoisotopic (exact) mass is 261 g/mol. The standard InChI is InChI=1S/C14H19N3S/c1-4-16-12-7-13(9-15-8-12)17-11(3)14-6-5-10(2)18-14/h5-9,11,16-17H,4H2,1-3H3. The van der Waals surface area contributed by atoms with Crippen LogP contribution in [0.2, 0.25) is 0 Å². The Morgan fingerprint density at radius 1 is 1.28 bits per heavy atom. The Bertz CT molecular complexity index is 507. The summed E-state index contributed by atoms with van der Waals surface area (Å²) < 4.78 is 0. The number of thiophene rings is 1. The quantitative estimate of drug-likeness (QED) is 0.852. The van der Waals surface area contributed by atoms with E-state index in [1.807, 2.05) is 23.7 Å². The molecule has 0 fully saturated rings. The number of pyridine rings is 1. The molecule has 96 valence electrons. The third-order valence-corrected chi connectivity index (χ3v) is 3.87. The second kappa shape index (κ2) is 5.87. The first-order chi connectivity index (χ1) is 8.69. The van der Waals surface area contributed by atoms with E-state index >= 15 is 0 Å². The van der Waals surface area contributed by atoms with Gasteiger partial charge in [-0.05, 0) is 39.0 Å². The topological polar surface area (TPSA) is 37.0 Å². The Kier molecular flexibility index (Phi) is 4.20. The van der Waals surface area contributed by atoms with E-state index in [0.29, 0.717) is 6.04 Å². The average molecular weight is 261 g/mol. The van der Waals surface area contributed by atoms with Crippen LogP contribution >= 0.6 is 11.3 Å². The molecule has 2 aromatic heterocycles. The minimum absolute atomic E-state index is 0.308. The molecule has 0 bridgehead atoms. The fourth-order valence-electron chi connectivity index (χ4n) is 1.83. The van der Waals surface area contributed by atoms with Crippen molar-refractivity contribution in [1.82, 2.24) is 4.98 Å². The zero-order valence-corrected chi connectivity index (χ0v) is 11.8. The van der Waals surface area contributed by atoms with Crippen LogP contribution in [0.1, 0.15) is 29.6 Å². The molecule has 4 heteroatoms. The lowest BCUT2D eigenvalue weighted by molar-refractivity contribution is 0.906. The Hall–Kier alpha value is -1.55. The maximum atomic E-state index is 4.23. The van der Waals surface area contributed by atoms with Crippen LogP contribution < -0.4 is 10.6 Å². The number of nitrogens with one attached hydrogen (secondary N) is 2. The molecule has 0 aliphatic heterocycles. The molecule has 0 aromatic carbocycles. The molecule has 0 aliphatic carbocycles. The van der Waals surface area contributed by atoms with Crippen molar-refractivity contribution in [3.05, 3.63) is 40.3 Å². The molecule has 3 nitrogen and oxygen atoms in total. The van der Waals surface area contributed by atoms with Crippen LogP contribution in [0.5, 0.6) is 0 Å². The molecule has 2 heterocycles. The summed E-state index contributed by atoms with van der Waals surface area (Å²) in [5, 5.41) is 6.74. The van der Waals surface area contributed by atoms with E-state index in [2.05, 4.69) is 54.6 Å². The summed E-state index contributed by atoms with van der Waals surface area (Å²) in [5.41, 5.74) is 2.10. The molecular formula is C14H19N3S. The first-order valence-corrected chi connectivity index (χ1v) is 7.02. The summed E-state index contributed by atoms with van der Waals surface area (Å²) in [7, 11) is 0. The molecule has 0 radical (unpaired) electrons.